The van der Waals surface area contributed by atoms with Crippen LogP contribution in [-0.4, -0.2) is 24.6 Å². The number of hydrogen-bond acceptors (Lipinski definition) is 3. The molecule has 0 saturated carbocycles. The third kappa shape index (κ3) is 4.36. The van der Waals surface area contributed by atoms with Gasteiger partial charge in [-0.05, 0) is 35.4 Å². The average Bonchev–Trinajstić information content (AvgIpc) is 2.52. The molecule has 1 aromatic carbocycles. The van der Waals surface area contributed by atoms with Crippen molar-refractivity contribution in [2.75, 3.05) is 13.7 Å². The van der Waals surface area contributed by atoms with Crippen molar-refractivity contribution in [3.8, 4) is 0 Å². The van der Waals surface area contributed by atoms with Crippen LogP contribution in [0.5, 0.6) is 0 Å². The fourth-order valence-electron chi connectivity index (χ4n) is 2.00. The molecule has 1 atom stereocenters. The van der Waals surface area contributed by atoms with Crippen molar-refractivity contribution in [2.24, 2.45) is 0 Å². The Morgan fingerprint density at radius 3 is 2.43 bits per heavy atom. The van der Waals surface area contributed by atoms with E-state index in [4.69, 9.17) is 4.74 Å². The van der Waals surface area contributed by atoms with Crippen LogP contribution in [0.3, 0.4) is 0 Å². The van der Waals surface area contributed by atoms with Gasteiger partial charge >= 0.3 is 0 Å². The van der Waals surface area contributed by atoms with Crippen molar-refractivity contribution in [2.45, 2.75) is 12.5 Å². The third-order valence-electron chi connectivity index (χ3n) is 3.08. The van der Waals surface area contributed by atoms with Gasteiger partial charge < -0.3 is 10.1 Å². The topological polar surface area (TPSA) is 51.2 Å². The molecule has 0 saturated heterocycles. The minimum Gasteiger partial charge on any atom is -0.384 e. The van der Waals surface area contributed by atoms with Crippen LogP contribution in [0.15, 0.2) is 48.8 Å². The fraction of sp³-hybridized carbons (Fsp3) is 0.250. The average molecular weight is 288 g/mol. The molecule has 5 heteroatoms. The van der Waals surface area contributed by atoms with Crippen LogP contribution in [0, 0.1) is 5.82 Å². The van der Waals surface area contributed by atoms with Gasteiger partial charge in [0.05, 0.1) is 12.6 Å². The molecule has 0 aliphatic carbocycles. The number of benzene rings is 1. The normalized spacial score (nSPS) is 11.9. The number of carbonyl (C=O) groups is 1. The summed E-state index contributed by atoms with van der Waals surface area (Å²) in [4.78, 5) is 15.9. The highest BCUT2D eigenvalue weighted by atomic mass is 19.1. The van der Waals surface area contributed by atoms with Crippen LogP contribution in [-0.2, 0) is 9.53 Å². The standard InChI is InChI=1S/C16H17FN2O2/c1-21-11-8-15(20)19-16(13-6-9-18-10-7-13)12-2-4-14(17)5-3-12/h2-7,9-10,16H,8,11H2,1H3,(H,19,20)/t16-/m1/s1. The number of aromatic nitrogens is 1. The van der Waals surface area contributed by atoms with Gasteiger partial charge in [-0.3, -0.25) is 9.78 Å². The quantitative estimate of drug-likeness (QED) is 0.888. The highest BCUT2D eigenvalue weighted by Crippen LogP contribution is 2.22. The first-order valence-corrected chi connectivity index (χ1v) is 6.64. The van der Waals surface area contributed by atoms with Gasteiger partial charge in [0.25, 0.3) is 0 Å². The Labute approximate surface area is 123 Å². The van der Waals surface area contributed by atoms with Crippen LogP contribution >= 0.6 is 0 Å². The second-order valence-corrected chi connectivity index (χ2v) is 4.58. The smallest absolute Gasteiger partial charge is 0.223 e. The lowest BCUT2D eigenvalue weighted by atomic mass is 9.99. The molecule has 1 aromatic heterocycles. The van der Waals surface area contributed by atoms with Gasteiger partial charge in [-0.25, -0.2) is 4.39 Å². The monoisotopic (exact) mass is 288 g/mol. The second-order valence-electron chi connectivity index (χ2n) is 4.58. The van der Waals surface area contributed by atoms with Crippen molar-refractivity contribution in [3.05, 3.63) is 65.7 Å². The lowest BCUT2D eigenvalue weighted by Crippen LogP contribution is -2.30. The molecular formula is C16H17FN2O2. The van der Waals surface area contributed by atoms with Gasteiger partial charge in [0.1, 0.15) is 5.82 Å². The van der Waals surface area contributed by atoms with E-state index in [-0.39, 0.29) is 24.2 Å². The van der Waals surface area contributed by atoms with Crippen molar-refractivity contribution in [1.82, 2.24) is 10.3 Å². The molecular weight excluding hydrogens is 271 g/mol. The van der Waals surface area contributed by atoms with Crippen LogP contribution in [0.1, 0.15) is 23.6 Å². The molecule has 4 nitrogen and oxygen atoms in total. The lowest BCUT2D eigenvalue weighted by molar-refractivity contribution is -0.122. The Kier molecular flexibility index (Phi) is 5.40. The zero-order valence-corrected chi connectivity index (χ0v) is 11.8. The molecule has 1 amide bonds. The molecule has 0 radical (unpaired) electrons. The summed E-state index contributed by atoms with van der Waals surface area (Å²) in [5.74, 6) is -0.430. The van der Waals surface area contributed by atoms with Gasteiger partial charge in [0.2, 0.25) is 5.91 Å². The summed E-state index contributed by atoms with van der Waals surface area (Å²) < 4.78 is 18.0. The predicted molar refractivity (Wildman–Crippen MR) is 77.1 cm³/mol. The maximum Gasteiger partial charge on any atom is 0.223 e. The Morgan fingerprint density at radius 2 is 1.81 bits per heavy atom. The first-order valence-electron chi connectivity index (χ1n) is 6.64. The number of halogens is 1. The van der Waals surface area contributed by atoms with Crippen molar-refractivity contribution >= 4 is 5.91 Å². The number of pyridine rings is 1. The second kappa shape index (κ2) is 7.50. The largest absolute Gasteiger partial charge is 0.384 e. The summed E-state index contributed by atoms with van der Waals surface area (Å²) in [6.45, 7) is 0.359. The Hall–Kier alpha value is -2.27. The number of nitrogens with zero attached hydrogens (tertiary/aromatic N) is 1. The van der Waals surface area contributed by atoms with Crippen LogP contribution < -0.4 is 5.32 Å². The number of rotatable bonds is 6. The summed E-state index contributed by atoms with van der Waals surface area (Å²) in [7, 11) is 1.55. The van der Waals surface area contributed by atoms with Crippen molar-refractivity contribution in [3.63, 3.8) is 0 Å². The van der Waals surface area contributed by atoms with Gasteiger partial charge in [0.15, 0.2) is 0 Å². The number of amides is 1. The molecule has 0 aliphatic heterocycles. The van der Waals surface area contributed by atoms with Crippen molar-refractivity contribution in [1.29, 1.82) is 0 Å². The van der Waals surface area contributed by atoms with E-state index in [9.17, 15) is 9.18 Å². The summed E-state index contributed by atoms with van der Waals surface area (Å²) in [5.41, 5.74) is 1.70. The van der Waals surface area contributed by atoms with E-state index >= 15 is 0 Å². The molecule has 0 unspecified atom stereocenters. The maximum atomic E-state index is 13.1. The zero-order valence-electron chi connectivity index (χ0n) is 11.8. The van der Waals surface area contributed by atoms with Gasteiger partial charge in [-0.15, -0.1) is 0 Å². The first kappa shape index (κ1) is 15.1. The molecule has 0 aliphatic rings. The summed E-state index contributed by atoms with van der Waals surface area (Å²) in [5, 5.41) is 2.93. The van der Waals surface area contributed by atoms with E-state index in [0.717, 1.165) is 11.1 Å². The maximum absolute atomic E-state index is 13.1. The highest BCUT2D eigenvalue weighted by molar-refractivity contribution is 5.77. The highest BCUT2D eigenvalue weighted by Gasteiger charge is 2.16. The van der Waals surface area contributed by atoms with Crippen molar-refractivity contribution < 1.29 is 13.9 Å². The number of ether oxygens (including phenoxy) is 1. The predicted octanol–water partition coefficient (Wildman–Crippen LogP) is 2.46. The zero-order chi connectivity index (χ0) is 15.1. The minimum absolute atomic E-state index is 0.122. The van der Waals surface area contributed by atoms with E-state index in [1.165, 1.54) is 12.1 Å². The molecule has 0 fully saturated rings. The first-order chi connectivity index (χ1) is 10.2. The number of nitrogens with one attached hydrogen (secondary N) is 1. The lowest BCUT2D eigenvalue weighted by Gasteiger charge is -2.19. The molecule has 2 aromatic rings. The molecule has 0 spiro atoms. The van der Waals surface area contributed by atoms with Gasteiger partial charge in [-0.2, -0.15) is 0 Å². The van der Waals surface area contributed by atoms with Crippen LogP contribution in [0.4, 0.5) is 4.39 Å². The molecule has 1 heterocycles. The summed E-state index contributed by atoms with van der Waals surface area (Å²) in [6, 6.07) is 9.40. The molecule has 2 rings (SSSR count). The van der Waals surface area contributed by atoms with E-state index in [1.807, 2.05) is 12.1 Å². The number of hydrogen-bond donors (Lipinski definition) is 1. The Morgan fingerprint density at radius 1 is 1.19 bits per heavy atom. The van der Waals surface area contributed by atoms with Crippen LogP contribution in [0.2, 0.25) is 0 Å². The Bertz CT molecular complexity index is 573. The van der Waals surface area contributed by atoms with Gasteiger partial charge in [-0.1, -0.05) is 12.1 Å². The summed E-state index contributed by atoms with van der Waals surface area (Å²) in [6.07, 6.45) is 3.60. The van der Waals surface area contributed by atoms with E-state index in [1.54, 1.807) is 31.6 Å². The SMILES string of the molecule is COCCC(=O)N[C@@H](c1ccncc1)c1ccc(F)cc1. The molecule has 0 bridgehead atoms. The summed E-state index contributed by atoms with van der Waals surface area (Å²) >= 11 is 0. The van der Waals surface area contributed by atoms with Crippen LogP contribution in [0.25, 0.3) is 0 Å². The van der Waals surface area contributed by atoms with E-state index in [2.05, 4.69) is 10.3 Å². The minimum atomic E-state index is -0.335. The van der Waals surface area contributed by atoms with Gasteiger partial charge in [0, 0.05) is 25.9 Å². The number of carbonyl (C=O) groups excluding carboxylic acids is 1. The van der Waals surface area contributed by atoms with E-state index < -0.39 is 0 Å². The molecule has 21 heavy (non-hydrogen) atoms. The third-order valence-corrected chi connectivity index (χ3v) is 3.08. The number of methoxy groups -OCH3 is 1. The Balaban J connectivity index is 2.22. The van der Waals surface area contributed by atoms with E-state index in [0.29, 0.717) is 6.61 Å². The molecule has 110 valence electrons. The fourth-order valence-corrected chi connectivity index (χ4v) is 2.00. The molecule has 1 N–H and O–H groups in total.